The van der Waals surface area contributed by atoms with Crippen molar-refractivity contribution < 1.29 is 23.2 Å². The summed E-state index contributed by atoms with van der Waals surface area (Å²) in [5.74, 6) is -2.23. The maximum absolute atomic E-state index is 12.1. The summed E-state index contributed by atoms with van der Waals surface area (Å²) in [5.41, 5.74) is 0.277. The Morgan fingerprint density at radius 3 is 2.33 bits per heavy atom. The topological polar surface area (TPSA) is 118 Å². The number of nitro groups is 1. The molecular weight excluding hydrogens is 300 g/mol. The van der Waals surface area contributed by atoms with E-state index in [0.29, 0.717) is 5.56 Å². The molecular formula is C12H16N2O6S. The highest BCUT2D eigenvalue weighted by atomic mass is 32.2. The molecule has 0 aliphatic carbocycles. The average molecular weight is 316 g/mol. The SMILES string of the molecule is CC(CN(C)S(=O)(=O)Cc1ccc([N+](=O)[O-])cc1)C(=O)O. The molecule has 1 aromatic rings. The molecule has 1 aromatic carbocycles. The van der Waals surface area contributed by atoms with Crippen molar-refractivity contribution in [3.63, 3.8) is 0 Å². The Labute approximate surface area is 122 Å². The number of hydrogen-bond donors (Lipinski definition) is 1. The monoisotopic (exact) mass is 316 g/mol. The number of aliphatic carboxylic acids is 1. The van der Waals surface area contributed by atoms with Crippen molar-refractivity contribution in [2.24, 2.45) is 5.92 Å². The molecule has 1 unspecified atom stereocenters. The maximum atomic E-state index is 12.1. The molecule has 116 valence electrons. The third-order valence-electron chi connectivity index (χ3n) is 2.92. The molecule has 8 nitrogen and oxygen atoms in total. The lowest BCUT2D eigenvalue weighted by atomic mass is 10.2. The number of non-ortho nitro benzene ring substituents is 1. The van der Waals surface area contributed by atoms with Gasteiger partial charge in [0.05, 0.1) is 16.6 Å². The Bertz CT molecular complexity index is 626. The average Bonchev–Trinajstić information content (AvgIpc) is 2.38. The summed E-state index contributed by atoms with van der Waals surface area (Å²) in [6, 6.07) is 5.18. The second-order valence-electron chi connectivity index (χ2n) is 4.70. The Balaban J connectivity index is 2.80. The highest BCUT2D eigenvalue weighted by Crippen LogP contribution is 2.16. The number of carboxylic acid groups (broad SMARTS) is 1. The standard InChI is InChI=1S/C12H16N2O6S/c1-9(12(15)16)7-13(2)21(19,20)8-10-3-5-11(6-4-10)14(17)18/h3-6,9H,7-8H2,1-2H3,(H,15,16). The Morgan fingerprint density at radius 1 is 1.38 bits per heavy atom. The van der Waals surface area contributed by atoms with Crippen LogP contribution in [0.15, 0.2) is 24.3 Å². The van der Waals surface area contributed by atoms with Gasteiger partial charge in [-0.3, -0.25) is 14.9 Å². The third kappa shape index (κ3) is 4.80. The van der Waals surface area contributed by atoms with Crippen LogP contribution in [0.3, 0.4) is 0 Å². The van der Waals surface area contributed by atoms with Crippen molar-refractivity contribution in [1.82, 2.24) is 4.31 Å². The zero-order valence-electron chi connectivity index (χ0n) is 11.6. The summed E-state index contributed by atoms with van der Waals surface area (Å²) in [5, 5.41) is 19.3. The molecule has 0 heterocycles. The van der Waals surface area contributed by atoms with Gasteiger partial charge in [-0.1, -0.05) is 19.1 Å². The predicted octanol–water partition coefficient (Wildman–Crippen LogP) is 1.08. The Kier molecular flexibility index (Phi) is 5.39. The number of carboxylic acids is 1. The van der Waals surface area contributed by atoms with Gasteiger partial charge < -0.3 is 5.11 Å². The summed E-state index contributed by atoms with van der Waals surface area (Å²) in [6.07, 6.45) is 0. The normalized spacial score (nSPS) is 13.1. The van der Waals surface area contributed by atoms with Crippen molar-refractivity contribution in [3.8, 4) is 0 Å². The molecule has 0 fully saturated rings. The number of carbonyl (C=O) groups is 1. The number of nitro benzene ring substituents is 1. The van der Waals surface area contributed by atoms with Crippen LogP contribution in [-0.4, -0.2) is 42.3 Å². The van der Waals surface area contributed by atoms with Crippen LogP contribution in [0.4, 0.5) is 5.69 Å². The van der Waals surface area contributed by atoms with Crippen LogP contribution in [0.25, 0.3) is 0 Å². The maximum Gasteiger partial charge on any atom is 0.307 e. The first-order valence-electron chi connectivity index (χ1n) is 6.03. The summed E-state index contributed by atoms with van der Waals surface area (Å²) in [7, 11) is -2.37. The number of sulfonamides is 1. The highest BCUT2D eigenvalue weighted by molar-refractivity contribution is 7.88. The van der Waals surface area contributed by atoms with Gasteiger partial charge >= 0.3 is 5.97 Å². The van der Waals surface area contributed by atoms with Gasteiger partial charge in [0, 0.05) is 25.7 Å². The van der Waals surface area contributed by atoms with Gasteiger partial charge in [0.2, 0.25) is 10.0 Å². The van der Waals surface area contributed by atoms with Crippen LogP contribution < -0.4 is 0 Å². The van der Waals surface area contributed by atoms with E-state index >= 15 is 0 Å². The fourth-order valence-electron chi connectivity index (χ4n) is 1.61. The molecule has 1 atom stereocenters. The second kappa shape index (κ2) is 6.64. The minimum atomic E-state index is -3.67. The first kappa shape index (κ1) is 17.1. The summed E-state index contributed by atoms with van der Waals surface area (Å²) in [4.78, 5) is 20.7. The molecule has 0 bridgehead atoms. The molecule has 1 N–H and O–H groups in total. The van der Waals surface area contributed by atoms with Crippen LogP contribution in [-0.2, 0) is 20.6 Å². The van der Waals surface area contributed by atoms with E-state index < -0.39 is 26.8 Å². The summed E-state index contributed by atoms with van der Waals surface area (Å²) in [6.45, 7) is 1.28. The van der Waals surface area contributed by atoms with E-state index in [-0.39, 0.29) is 18.0 Å². The molecule has 0 aromatic heterocycles. The van der Waals surface area contributed by atoms with Crippen LogP contribution in [0.5, 0.6) is 0 Å². The minimum Gasteiger partial charge on any atom is -0.481 e. The highest BCUT2D eigenvalue weighted by Gasteiger charge is 2.23. The van der Waals surface area contributed by atoms with E-state index in [4.69, 9.17) is 5.11 Å². The molecule has 0 spiro atoms. The van der Waals surface area contributed by atoms with Crippen molar-refractivity contribution in [3.05, 3.63) is 39.9 Å². The first-order chi connectivity index (χ1) is 9.63. The number of nitrogens with zero attached hydrogens (tertiary/aromatic N) is 2. The molecule has 0 aliphatic heterocycles. The number of rotatable bonds is 7. The molecule has 0 saturated heterocycles. The van der Waals surface area contributed by atoms with Crippen molar-refractivity contribution in [2.75, 3.05) is 13.6 Å². The Hall–Kier alpha value is -2.00. The van der Waals surface area contributed by atoms with Crippen LogP contribution in [0.2, 0.25) is 0 Å². The van der Waals surface area contributed by atoms with Crippen LogP contribution in [0, 0.1) is 16.0 Å². The zero-order valence-corrected chi connectivity index (χ0v) is 12.4. The largest absolute Gasteiger partial charge is 0.481 e. The smallest absolute Gasteiger partial charge is 0.307 e. The van der Waals surface area contributed by atoms with Gasteiger partial charge in [0.1, 0.15) is 0 Å². The van der Waals surface area contributed by atoms with E-state index in [2.05, 4.69) is 0 Å². The van der Waals surface area contributed by atoms with Gasteiger partial charge in [-0.15, -0.1) is 0 Å². The summed E-state index contributed by atoms with van der Waals surface area (Å²) >= 11 is 0. The van der Waals surface area contributed by atoms with Gasteiger partial charge in [0.25, 0.3) is 5.69 Å². The van der Waals surface area contributed by atoms with Gasteiger partial charge in [0.15, 0.2) is 0 Å². The third-order valence-corrected chi connectivity index (χ3v) is 4.72. The molecule has 0 aliphatic rings. The van der Waals surface area contributed by atoms with Crippen LogP contribution in [0.1, 0.15) is 12.5 Å². The van der Waals surface area contributed by atoms with Crippen LogP contribution >= 0.6 is 0 Å². The van der Waals surface area contributed by atoms with Gasteiger partial charge in [-0.05, 0) is 5.56 Å². The first-order valence-corrected chi connectivity index (χ1v) is 7.64. The van der Waals surface area contributed by atoms with E-state index in [1.807, 2.05) is 0 Å². The lowest BCUT2D eigenvalue weighted by molar-refractivity contribution is -0.384. The van der Waals surface area contributed by atoms with Gasteiger partial charge in [-0.25, -0.2) is 12.7 Å². The molecule has 21 heavy (non-hydrogen) atoms. The fourth-order valence-corrected chi connectivity index (χ4v) is 2.90. The van der Waals surface area contributed by atoms with Crippen molar-refractivity contribution in [2.45, 2.75) is 12.7 Å². The number of hydrogen-bond acceptors (Lipinski definition) is 5. The number of benzene rings is 1. The van der Waals surface area contributed by atoms with E-state index in [1.54, 1.807) is 0 Å². The molecule has 0 saturated carbocycles. The predicted molar refractivity (Wildman–Crippen MR) is 75.2 cm³/mol. The molecule has 0 radical (unpaired) electrons. The van der Waals surface area contributed by atoms with Gasteiger partial charge in [-0.2, -0.15) is 0 Å². The van der Waals surface area contributed by atoms with E-state index in [1.165, 1.54) is 38.2 Å². The lowest BCUT2D eigenvalue weighted by Crippen LogP contribution is -2.34. The summed E-state index contributed by atoms with van der Waals surface area (Å²) < 4.78 is 25.1. The van der Waals surface area contributed by atoms with E-state index in [9.17, 15) is 23.3 Å². The lowest BCUT2D eigenvalue weighted by Gasteiger charge is -2.19. The van der Waals surface area contributed by atoms with Crippen molar-refractivity contribution >= 4 is 21.7 Å². The second-order valence-corrected chi connectivity index (χ2v) is 6.78. The molecule has 9 heteroatoms. The molecule has 1 rings (SSSR count). The zero-order chi connectivity index (χ0) is 16.2. The Morgan fingerprint density at radius 2 is 1.90 bits per heavy atom. The quantitative estimate of drug-likeness (QED) is 0.594. The fraction of sp³-hybridized carbons (Fsp3) is 0.417. The minimum absolute atomic E-state index is 0.121. The van der Waals surface area contributed by atoms with Crippen molar-refractivity contribution in [1.29, 1.82) is 0 Å². The van der Waals surface area contributed by atoms with E-state index in [0.717, 1.165) is 4.31 Å². The molecule has 0 amide bonds.